The third-order valence-corrected chi connectivity index (χ3v) is 11.1. The summed E-state index contributed by atoms with van der Waals surface area (Å²) in [6.45, 7) is 3.91. The Labute approximate surface area is 268 Å². The average Bonchev–Trinajstić information content (AvgIpc) is 3.71. The van der Waals surface area contributed by atoms with Crippen molar-refractivity contribution in [2.75, 3.05) is 31.1 Å². The number of rotatable bonds is 5. The zero-order chi connectivity index (χ0) is 30.7. The Morgan fingerprint density at radius 1 is 0.844 bits per heavy atom. The Morgan fingerprint density at radius 3 is 2.29 bits per heavy atom. The highest BCUT2D eigenvalue weighted by Gasteiger charge is 2.31. The van der Waals surface area contributed by atoms with Crippen LogP contribution < -0.4 is 10.5 Å². The number of nitrogens with zero attached hydrogens (tertiary/aromatic N) is 7. The van der Waals surface area contributed by atoms with Gasteiger partial charge < -0.3 is 19.5 Å². The van der Waals surface area contributed by atoms with E-state index in [-0.39, 0.29) is 11.1 Å². The van der Waals surface area contributed by atoms with E-state index in [4.69, 9.17) is 5.11 Å². The molecule has 0 spiro atoms. The largest absolute Gasteiger partial charge is 0.478 e. The summed E-state index contributed by atoms with van der Waals surface area (Å²) in [7, 11) is 0. The highest BCUT2D eigenvalue weighted by atomic mass is 79.9. The fraction of sp³-hybridized carbons (Fsp3) is 0.441. The van der Waals surface area contributed by atoms with E-state index < -0.39 is 5.97 Å². The van der Waals surface area contributed by atoms with Crippen molar-refractivity contribution in [2.45, 2.75) is 69.4 Å². The lowest BCUT2D eigenvalue weighted by molar-refractivity contribution is 0.0696. The minimum atomic E-state index is -1.00. The summed E-state index contributed by atoms with van der Waals surface area (Å²) in [5.41, 5.74) is 4.52. The topological polar surface area (TPSA) is 109 Å². The van der Waals surface area contributed by atoms with E-state index in [1.165, 1.54) is 36.3 Å². The van der Waals surface area contributed by atoms with Crippen LogP contribution in [0, 0.1) is 0 Å². The predicted octanol–water partition coefficient (Wildman–Crippen LogP) is 6.02. The van der Waals surface area contributed by atoms with Crippen LogP contribution in [-0.2, 0) is 0 Å². The maximum absolute atomic E-state index is 13.3. The lowest BCUT2D eigenvalue weighted by Crippen LogP contribution is -2.47. The number of carboxylic acid groups (broad SMARTS) is 1. The van der Waals surface area contributed by atoms with Gasteiger partial charge in [0.15, 0.2) is 0 Å². The molecule has 10 nitrogen and oxygen atoms in total. The first kappa shape index (κ1) is 28.6. The van der Waals surface area contributed by atoms with Gasteiger partial charge in [0.05, 0.1) is 27.5 Å². The Morgan fingerprint density at radius 2 is 1.58 bits per heavy atom. The van der Waals surface area contributed by atoms with Crippen molar-refractivity contribution in [1.29, 1.82) is 0 Å². The highest BCUT2D eigenvalue weighted by molar-refractivity contribution is 9.10. The molecule has 1 aliphatic carbocycles. The summed E-state index contributed by atoms with van der Waals surface area (Å²) in [5, 5.41) is 9.76. The molecule has 3 fully saturated rings. The number of fused-ring (bicyclic) bond motifs is 5. The van der Waals surface area contributed by atoms with Gasteiger partial charge in [-0.25, -0.2) is 14.8 Å². The van der Waals surface area contributed by atoms with Crippen molar-refractivity contribution >= 4 is 55.6 Å². The van der Waals surface area contributed by atoms with Crippen LogP contribution in [0.25, 0.3) is 27.7 Å². The zero-order valence-corrected chi connectivity index (χ0v) is 26.7. The first-order valence-electron chi connectivity index (χ1n) is 16.2. The Balaban J connectivity index is 1.02. The van der Waals surface area contributed by atoms with Crippen molar-refractivity contribution in [1.82, 2.24) is 28.8 Å². The second kappa shape index (κ2) is 11.5. The fourth-order valence-electron chi connectivity index (χ4n) is 8.04. The number of aromatic carboxylic acids is 1. The first-order valence-corrected chi connectivity index (χ1v) is 16.9. The number of carboxylic acids is 1. The molecule has 1 saturated carbocycles. The molecule has 11 heteroatoms. The maximum Gasteiger partial charge on any atom is 0.338 e. The van der Waals surface area contributed by atoms with E-state index in [0.717, 1.165) is 86.0 Å². The number of likely N-dealkylation sites (tertiary alicyclic amines) is 1. The number of imidazole rings is 1. The molecule has 5 heterocycles. The summed E-state index contributed by atoms with van der Waals surface area (Å²) >= 11 is 3.60. The van der Waals surface area contributed by atoms with E-state index in [9.17, 15) is 9.59 Å². The highest BCUT2D eigenvalue weighted by Crippen LogP contribution is 2.38. The molecule has 3 aromatic heterocycles. The van der Waals surface area contributed by atoms with E-state index >= 15 is 0 Å². The number of anilines is 1. The van der Waals surface area contributed by atoms with Crippen LogP contribution in [0.4, 0.5) is 5.95 Å². The summed E-state index contributed by atoms with van der Waals surface area (Å²) < 4.78 is 5.35. The lowest BCUT2D eigenvalue weighted by atomic mass is 9.87. The molecule has 3 aliphatic rings. The predicted molar refractivity (Wildman–Crippen MR) is 177 cm³/mol. The molecule has 45 heavy (non-hydrogen) atoms. The van der Waals surface area contributed by atoms with Gasteiger partial charge >= 0.3 is 5.97 Å². The van der Waals surface area contributed by atoms with Crippen LogP contribution in [0.15, 0.2) is 58.1 Å². The molecule has 0 unspecified atom stereocenters. The van der Waals surface area contributed by atoms with Crippen LogP contribution in [0.1, 0.15) is 79.2 Å². The molecule has 0 amide bonds. The fourth-order valence-corrected chi connectivity index (χ4v) is 8.57. The molecule has 0 atom stereocenters. The number of carbonyl (C=O) groups is 1. The maximum atomic E-state index is 13.3. The van der Waals surface area contributed by atoms with Crippen LogP contribution in [0.3, 0.4) is 0 Å². The standard InChI is InChI=1S/C34H36BrN7O3/c35-26-6-3-7-28-30(26)31(43)38-34-41(25-4-1-2-5-25)29-18-22(8-9-27(29)42(28)34)21-10-14-39(15-11-21)24-12-16-40(17-13-24)33-36-19-23(20-37-33)32(44)45/h3,6-9,18-21,24-25H,1-2,4-5,10-17H2,(H,44,45). The van der Waals surface area contributed by atoms with Gasteiger partial charge in [0.25, 0.3) is 5.56 Å². The van der Waals surface area contributed by atoms with Gasteiger partial charge in [0, 0.05) is 42.0 Å². The van der Waals surface area contributed by atoms with Gasteiger partial charge in [-0.2, -0.15) is 4.98 Å². The summed E-state index contributed by atoms with van der Waals surface area (Å²) in [4.78, 5) is 42.5. The van der Waals surface area contributed by atoms with Crippen LogP contribution >= 0.6 is 15.9 Å². The lowest BCUT2D eigenvalue weighted by Gasteiger charge is -2.42. The Hall–Kier alpha value is -3.83. The molecule has 0 bridgehead atoms. The van der Waals surface area contributed by atoms with Gasteiger partial charge in [0.2, 0.25) is 11.7 Å². The SMILES string of the molecule is O=C(O)c1cnc(N2CCC(N3CCC(c4ccc5c(c4)n(C4CCCC4)c4nc(=O)c6c(Br)cccc6n54)CC3)CC2)nc1. The number of benzene rings is 2. The molecule has 5 aromatic rings. The quantitative estimate of drug-likeness (QED) is 0.242. The monoisotopic (exact) mass is 669 g/mol. The van der Waals surface area contributed by atoms with E-state index in [1.54, 1.807) is 0 Å². The van der Waals surface area contributed by atoms with Gasteiger partial charge in [-0.15, -0.1) is 0 Å². The summed E-state index contributed by atoms with van der Waals surface area (Å²) in [5.74, 6) is 0.869. The van der Waals surface area contributed by atoms with Crippen molar-refractivity contribution < 1.29 is 9.90 Å². The molecular weight excluding hydrogens is 634 g/mol. The van der Waals surface area contributed by atoms with Gasteiger partial charge in [-0.3, -0.25) is 9.20 Å². The molecule has 232 valence electrons. The normalized spacial score (nSPS) is 19.4. The molecule has 0 radical (unpaired) electrons. The summed E-state index contributed by atoms with van der Waals surface area (Å²) in [6, 6.07) is 13.8. The second-order valence-corrected chi connectivity index (χ2v) is 13.7. The van der Waals surface area contributed by atoms with E-state index in [1.807, 2.05) is 18.2 Å². The zero-order valence-electron chi connectivity index (χ0n) is 25.1. The average molecular weight is 671 g/mol. The molecule has 8 rings (SSSR count). The number of halogens is 1. The molecule has 1 N–H and O–H groups in total. The second-order valence-electron chi connectivity index (χ2n) is 12.8. The Kier molecular flexibility index (Phi) is 7.32. The third kappa shape index (κ3) is 5.00. The van der Waals surface area contributed by atoms with Crippen LogP contribution in [-0.4, -0.2) is 72.1 Å². The number of hydrogen-bond donors (Lipinski definition) is 1. The molecule has 2 saturated heterocycles. The van der Waals surface area contributed by atoms with Gasteiger partial charge in [0.1, 0.15) is 0 Å². The third-order valence-electron chi connectivity index (χ3n) is 10.4. The van der Waals surface area contributed by atoms with Crippen molar-refractivity contribution in [3.63, 3.8) is 0 Å². The first-order chi connectivity index (χ1) is 22.0. The van der Waals surface area contributed by atoms with Crippen molar-refractivity contribution in [3.05, 3.63) is 74.7 Å². The molecule has 2 aliphatic heterocycles. The van der Waals surface area contributed by atoms with Gasteiger partial charge in [-0.1, -0.05) is 25.0 Å². The van der Waals surface area contributed by atoms with Crippen LogP contribution in [0.5, 0.6) is 0 Å². The number of piperidine rings is 2. The van der Waals surface area contributed by atoms with Crippen molar-refractivity contribution in [2.24, 2.45) is 0 Å². The minimum Gasteiger partial charge on any atom is -0.478 e. The Bertz CT molecular complexity index is 1970. The van der Waals surface area contributed by atoms with Gasteiger partial charge in [-0.05, 0) is 103 Å². The molecule has 2 aromatic carbocycles. The van der Waals surface area contributed by atoms with Crippen LogP contribution in [0.2, 0.25) is 0 Å². The number of hydrogen-bond acceptors (Lipinski definition) is 7. The van der Waals surface area contributed by atoms with Crippen molar-refractivity contribution in [3.8, 4) is 0 Å². The van der Waals surface area contributed by atoms with E-state index in [2.05, 4.69) is 67.8 Å². The van der Waals surface area contributed by atoms with E-state index in [0.29, 0.717) is 29.3 Å². The molecular formula is C34H36BrN7O3. The smallest absolute Gasteiger partial charge is 0.338 e. The number of aromatic nitrogens is 5. The summed E-state index contributed by atoms with van der Waals surface area (Å²) in [6.07, 6.45) is 11.8. The minimum absolute atomic E-state index is 0.115.